The lowest BCUT2D eigenvalue weighted by Gasteiger charge is -2.12. The molecule has 1 atom stereocenters. The molecule has 0 spiro atoms. The van der Waals surface area contributed by atoms with Crippen molar-refractivity contribution in [3.8, 4) is 0 Å². The Balaban J connectivity index is 1.97. The summed E-state index contributed by atoms with van der Waals surface area (Å²) in [5.74, 6) is 0.174. The lowest BCUT2D eigenvalue weighted by Crippen LogP contribution is -2.17. The van der Waals surface area contributed by atoms with Crippen molar-refractivity contribution in [3.63, 3.8) is 0 Å². The lowest BCUT2D eigenvalue weighted by molar-refractivity contribution is 0.113. The van der Waals surface area contributed by atoms with Crippen molar-refractivity contribution >= 4 is 11.8 Å². The van der Waals surface area contributed by atoms with E-state index >= 15 is 0 Å². The Hall–Kier alpha value is -0.620. The summed E-state index contributed by atoms with van der Waals surface area (Å²) in [4.78, 5) is 0.956. The van der Waals surface area contributed by atoms with Gasteiger partial charge in [0, 0.05) is 23.2 Å². The van der Waals surface area contributed by atoms with E-state index in [1.165, 1.54) is 36.7 Å². The van der Waals surface area contributed by atoms with Crippen LogP contribution in [0.4, 0.5) is 4.39 Å². The van der Waals surface area contributed by atoms with E-state index in [2.05, 4.69) is 5.32 Å². The molecule has 1 aliphatic rings. The molecule has 3 nitrogen and oxygen atoms in total. The molecule has 0 heterocycles. The zero-order valence-corrected chi connectivity index (χ0v) is 10.9. The van der Waals surface area contributed by atoms with Crippen molar-refractivity contribution in [1.29, 1.82) is 0 Å². The molecular weight excluding hydrogens is 253 g/mol. The Labute approximate surface area is 110 Å². The number of aliphatic hydroxyl groups is 2. The van der Waals surface area contributed by atoms with Gasteiger partial charge in [0.2, 0.25) is 0 Å². The van der Waals surface area contributed by atoms with Gasteiger partial charge in [0.15, 0.2) is 0 Å². The first-order chi connectivity index (χ1) is 8.69. The van der Waals surface area contributed by atoms with Crippen LogP contribution in [0.1, 0.15) is 18.4 Å². The molecule has 2 rings (SSSR count). The third kappa shape index (κ3) is 4.24. The number of thioether (sulfide) groups is 1. The van der Waals surface area contributed by atoms with E-state index < -0.39 is 6.10 Å². The minimum atomic E-state index is -0.732. The molecule has 1 aromatic rings. The second-order valence-corrected chi connectivity index (χ2v) is 5.62. The largest absolute Gasteiger partial charge is 0.394 e. The maximum Gasteiger partial charge on any atom is 0.123 e. The van der Waals surface area contributed by atoms with Crippen LogP contribution in [0.15, 0.2) is 23.1 Å². The van der Waals surface area contributed by atoms with Crippen molar-refractivity contribution in [3.05, 3.63) is 29.6 Å². The zero-order chi connectivity index (χ0) is 13.0. The number of aliphatic hydroxyl groups excluding tert-OH is 2. The van der Waals surface area contributed by atoms with E-state index in [4.69, 9.17) is 5.11 Å². The number of hydrogen-bond acceptors (Lipinski definition) is 4. The molecule has 0 amide bonds. The molecule has 1 unspecified atom stereocenters. The van der Waals surface area contributed by atoms with Crippen LogP contribution in [-0.2, 0) is 6.54 Å². The van der Waals surface area contributed by atoms with E-state index in [9.17, 15) is 9.50 Å². The minimum Gasteiger partial charge on any atom is -0.394 e. The molecule has 3 N–H and O–H groups in total. The van der Waals surface area contributed by atoms with Crippen LogP contribution in [0.2, 0.25) is 0 Å². The summed E-state index contributed by atoms with van der Waals surface area (Å²) in [7, 11) is 0. The molecule has 1 saturated carbocycles. The molecule has 18 heavy (non-hydrogen) atoms. The zero-order valence-electron chi connectivity index (χ0n) is 10.1. The summed E-state index contributed by atoms with van der Waals surface area (Å²) in [6.07, 6.45) is 1.66. The number of benzene rings is 1. The molecule has 0 bridgehead atoms. The Morgan fingerprint density at radius 1 is 1.44 bits per heavy atom. The van der Waals surface area contributed by atoms with Crippen LogP contribution < -0.4 is 5.32 Å². The molecule has 0 aromatic heterocycles. The van der Waals surface area contributed by atoms with E-state index in [1.54, 1.807) is 6.07 Å². The van der Waals surface area contributed by atoms with Crippen molar-refractivity contribution < 1.29 is 14.6 Å². The first-order valence-electron chi connectivity index (χ1n) is 6.12. The topological polar surface area (TPSA) is 52.5 Å². The van der Waals surface area contributed by atoms with Crippen LogP contribution in [0.25, 0.3) is 0 Å². The van der Waals surface area contributed by atoms with Gasteiger partial charge in [-0.25, -0.2) is 4.39 Å². The minimum absolute atomic E-state index is 0.241. The van der Waals surface area contributed by atoms with Crippen molar-refractivity contribution in [2.24, 2.45) is 0 Å². The van der Waals surface area contributed by atoms with E-state index in [-0.39, 0.29) is 12.4 Å². The molecule has 1 fully saturated rings. The van der Waals surface area contributed by atoms with Gasteiger partial charge in [-0.05, 0) is 36.6 Å². The average Bonchev–Trinajstić information content (AvgIpc) is 3.18. The van der Waals surface area contributed by atoms with Gasteiger partial charge in [-0.15, -0.1) is 11.8 Å². The monoisotopic (exact) mass is 271 g/mol. The van der Waals surface area contributed by atoms with Crippen LogP contribution in [-0.4, -0.2) is 34.7 Å². The molecular formula is C13H18FNO2S. The fraction of sp³-hybridized carbons (Fsp3) is 0.538. The highest BCUT2D eigenvalue weighted by Gasteiger charge is 2.20. The third-order valence-corrected chi connectivity index (χ3v) is 4.08. The Kier molecular flexibility index (Phi) is 5.00. The third-order valence-electron chi connectivity index (χ3n) is 2.82. The van der Waals surface area contributed by atoms with Gasteiger partial charge in [0.05, 0.1) is 12.7 Å². The number of hydrogen-bond donors (Lipinski definition) is 3. The highest BCUT2D eigenvalue weighted by Crippen LogP contribution is 2.26. The highest BCUT2D eigenvalue weighted by atomic mass is 32.2. The number of rotatable bonds is 7. The van der Waals surface area contributed by atoms with Crippen LogP contribution in [0.5, 0.6) is 0 Å². The summed E-state index contributed by atoms with van der Waals surface area (Å²) in [6.45, 7) is 0.407. The number of nitrogens with one attached hydrogen (secondary N) is 1. The molecule has 0 aliphatic heterocycles. The predicted octanol–water partition coefficient (Wildman–Crippen LogP) is 1.52. The van der Waals surface area contributed by atoms with Gasteiger partial charge >= 0.3 is 0 Å². The van der Waals surface area contributed by atoms with Crippen LogP contribution in [0, 0.1) is 5.82 Å². The summed E-state index contributed by atoms with van der Waals surface area (Å²) in [5.41, 5.74) is 0.914. The van der Waals surface area contributed by atoms with Gasteiger partial charge in [0.25, 0.3) is 0 Å². The Morgan fingerprint density at radius 3 is 2.89 bits per heavy atom. The number of halogens is 1. The fourth-order valence-electron chi connectivity index (χ4n) is 1.61. The highest BCUT2D eigenvalue weighted by molar-refractivity contribution is 7.99. The molecule has 1 aromatic carbocycles. The summed E-state index contributed by atoms with van der Waals surface area (Å²) in [5, 5.41) is 21.5. The molecule has 1 aliphatic carbocycles. The predicted molar refractivity (Wildman–Crippen MR) is 70.1 cm³/mol. The van der Waals surface area contributed by atoms with E-state index in [0.717, 1.165) is 10.5 Å². The molecule has 5 heteroatoms. The van der Waals surface area contributed by atoms with Crippen molar-refractivity contribution in [2.75, 3.05) is 12.4 Å². The normalized spacial score (nSPS) is 16.8. The average molecular weight is 271 g/mol. The summed E-state index contributed by atoms with van der Waals surface area (Å²) in [6, 6.07) is 5.26. The molecule has 0 saturated heterocycles. The SMILES string of the molecule is OCC(O)CSc1ccc(F)cc1CNC1CC1. The Bertz CT molecular complexity index is 399. The summed E-state index contributed by atoms with van der Waals surface area (Å²) >= 11 is 1.44. The maximum absolute atomic E-state index is 13.2. The first-order valence-corrected chi connectivity index (χ1v) is 7.11. The second-order valence-electron chi connectivity index (χ2n) is 4.55. The summed E-state index contributed by atoms with van der Waals surface area (Å²) < 4.78 is 13.2. The first kappa shape index (κ1) is 13.8. The van der Waals surface area contributed by atoms with Gasteiger partial charge in [-0.1, -0.05) is 0 Å². The van der Waals surface area contributed by atoms with Crippen molar-refractivity contribution in [1.82, 2.24) is 5.32 Å². The Morgan fingerprint density at radius 2 is 2.22 bits per heavy atom. The van der Waals surface area contributed by atoms with Crippen LogP contribution >= 0.6 is 11.8 Å². The fourth-order valence-corrected chi connectivity index (χ4v) is 2.57. The molecule has 0 radical (unpaired) electrons. The quantitative estimate of drug-likeness (QED) is 0.658. The van der Waals surface area contributed by atoms with Gasteiger partial charge in [-0.3, -0.25) is 0 Å². The van der Waals surface area contributed by atoms with Gasteiger partial charge in [-0.2, -0.15) is 0 Å². The lowest BCUT2D eigenvalue weighted by atomic mass is 10.2. The van der Waals surface area contributed by atoms with E-state index in [0.29, 0.717) is 18.3 Å². The smallest absolute Gasteiger partial charge is 0.123 e. The van der Waals surface area contributed by atoms with Gasteiger partial charge < -0.3 is 15.5 Å². The van der Waals surface area contributed by atoms with Gasteiger partial charge in [0.1, 0.15) is 5.82 Å². The van der Waals surface area contributed by atoms with Crippen molar-refractivity contribution in [2.45, 2.75) is 36.4 Å². The van der Waals surface area contributed by atoms with E-state index in [1.807, 2.05) is 0 Å². The van der Waals surface area contributed by atoms with Crippen LogP contribution in [0.3, 0.4) is 0 Å². The second kappa shape index (κ2) is 6.52. The molecule has 100 valence electrons. The maximum atomic E-state index is 13.2. The standard InChI is InChI=1S/C13H18FNO2S/c14-10-1-4-13(18-8-12(17)7-16)9(5-10)6-15-11-2-3-11/h1,4-5,11-12,15-17H,2-3,6-8H2.